The smallest absolute Gasteiger partial charge is 0.271 e. The number of methoxy groups -OCH3 is 1. The second kappa shape index (κ2) is 9.21. The zero-order valence-electron chi connectivity index (χ0n) is 17.1. The van der Waals surface area contributed by atoms with Crippen molar-refractivity contribution in [2.24, 2.45) is 11.0 Å². The number of nitrogens with zero attached hydrogens (tertiary/aromatic N) is 2. The van der Waals surface area contributed by atoms with E-state index in [1.165, 1.54) is 13.2 Å². The van der Waals surface area contributed by atoms with Crippen LogP contribution >= 0.6 is 0 Å². The van der Waals surface area contributed by atoms with Crippen molar-refractivity contribution in [2.75, 3.05) is 7.11 Å². The fraction of sp³-hybridized carbons (Fsp3) is 0.208. The quantitative estimate of drug-likeness (QED) is 0.479. The molecule has 0 saturated heterocycles. The highest BCUT2D eigenvalue weighted by atomic mass is 16.5. The maximum Gasteiger partial charge on any atom is 0.271 e. The van der Waals surface area contributed by atoms with Gasteiger partial charge in [-0.25, -0.2) is 5.43 Å². The fourth-order valence-corrected chi connectivity index (χ4v) is 3.24. The summed E-state index contributed by atoms with van der Waals surface area (Å²) in [4.78, 5) is 12.4. The van der Waals surface area contributed by atoms with Crippen LogP contribution in [0.4, 0.5) is 0 Å². The molecule has 2 N–H and O–H groups in total. The Morgan fingerprint density at radius 1 is 1.17 bits per heavy atom. The Balaban J connectivity index is 1.84. The Hall–Kier alpha value is -3.69. The lowest BCUT2D eigenvalue weighted by molar-refractivity contribution is 0.0955. The van der Waals surface area contributed by atoms with E-state index in [4.69, 9.17) is 10.00 Å². The largest absolute Gasteiger partial charge is 0.495 e. The minimum Gasteiger partial charge on any atom is -0.495 e. The van der Waals surface area contributed by atoms with Gasteiger partial charge in [0.25, 0.3) is 5.91 Å². The Morgan fingerprint density at radius 2 is 1.90 bits per heavy atom. The molecule has 0 saturated carbocycles. The number of nitrogens with one attached hydrogen (secondary N) is 1. The monoisotopic (exact) mass is 401 g/mol. The lowest BCUT2D eigenvalue weighted by Gasteiger charge is -2.18. The van der Waals surface area contributed by atoms with E-state index in [0.717, 1.165) is 21.9 Å². The summed E-state index contributed by atoms with van der Waals surface area (Å²) in [5.41, 5.74) is 4.76. The van der Waals surface area contributed by atoms with Crippen molar-refractivity contribution in [3.05, 3.63) is 76.9 Å². The van der Waals surface area contributed by atoms with Gasteiger partial charge < -0.3 is 9.84 Å². The Morgan fingerprint density at radius 3 is 2.57 bits per heavy atom. The van der Waals surface area contributed by atoms with Crippen molar-refractivity contribution >= 4 is 22.9 Å². The van der Waals surface area contributed by atoms with Crippen LogP contribution in [0.2, 0.25) is 0 Å². The summed E-state index contributed by atoms with van der Waals surface area (Å²) >= 11 is 0. The molecule has 0 radical (unpaired) electrons. The molecule has 0 aliphatic carbocycles. The van der Waals surface area contributed by atoms with Crippen LogP contribution in [0.15, 0.2) is 59.7 Å². The van der Waals surface area contributed by atoms with Crippen molar-refractivity contribution in [1.29, 1.82) is 5.26 Å². The SMILES string of the molecule is COc1ccc(C(=O)N/N=C/c2ccc(C(O)C(C)C)c3ccccc23)cc1C#N. The molecule has 152 valence electrons. The molecule has 3 aromatic carbocycles. The zero-order valence-corrected chi connectivity index (χ0v) is 17.1. The molecule has 3 aromatic rings. The summed E-state index contributed by atoms with van der Waals surface area (Å²) in [6.07, 6.45) is 1.01. The highest BCUT2D eigenvalue weighted by Gasteiger charge is 2.16. The maximum atomic E-state index is 12.4. The number of nitriles is 1. The Kier molecular flexibility index (Phi) is 6.45. The molecule has 1 amide bonds. The topological polar surface area (TPSA) is 94.7 Å². The van der Waals surface area contributed by atoms with E-state index >= 15 is 0 Å². The first-order chi connectivity index (χ1) is 14.5. The summed E-state index contributed by atoms with van der Waals surface area (Å²) in [5.74, 6) is 0.0734. The van der Waals surface area contributed by atoms with Crippen LogP contribution in [0.25, 0.3) is 10.8 Å². The lowest BCUT2D eigenvalue weighted by atomic mass is 9.92. The molecule has 30 heavy (non-hydrogen) atoms. The van der Waals surface area contributed by atoms with Gasteiger partial charge in [-0.3, -0.25) is 4.79 Å². The minimum absolute atomic E-state index is 0.0926. The standard InChI is InChI=1S/C24H23N3O3/c1-15(2)23(28)21-10-8-17(19-6-4-5-7-20(19)21)14-26-27-24(29)16-9-11-22(30-3)18(12-16)13-25/h4-12,14-15,23,28H,1-3H3,(H,27,29)/b26-14+. The molecule has 0 heterocycles. The van der Waals surface area contributed by atoms with Crippen LogP contribution in [0, 0.1) is 17.2 Å². The summed E-state index contributed by atoms with van der Waals surface area (Å²) in [6.45, 7) is 3.95. The van der Waals surface area contributed by atoms with Gasteiger partial charge in [-0.15, -0.1) is 0 Å². The molecule has 1 atom stereocenters. The van der Waals surface area contributed by atoms with Crippen LogP contribution < -0.4 is 10.2 Å². The van der Waals surface area contributed by atoms with Gasteiger partial charge in [-0.05, 0) is 40.5 Å². The van der Waals surface area contributed by atoms with Crippen LogP contribution in [-0.4, -0.2) is 24.3 Å². The number of fused-ring (bicyclic) bond motifs is 1. The number of ether oxygens (including phenoxy) is 1. The van der Waals surface area contributed by atoms with E-state index < -0.39 is 12.0 Å². The lowest BCUT2D eigenvalue weighted by Crippen LogP contribution is -2.17. The van der Waals surface area contributed by atoms with Gasteiger partial charge >= 0.3 is 0 Å². The number of aliphatic hydroxyl groups is 1. The number of amides is 1. The van der Waals surface area contributed by atoms with Crippen molar-refractivity contribution in [1.82, 2.24) is 5.43 Å². The van der Waals surface area contributed by atoms with Crippen LogP contribution in [-0.2, 0) is 0 Å². The van der Waals surface area contributed by atoms with Gasteiger partial charge in [0.05, 0.1) is 25.0 Å². The summed E-state index contributed by atoms with van der Waals surface area (Å²) in [7, 11) is 1.47. The second-order valence-corrected chi connectivity index (χ2v) is 7.20. The van der Waals surface area contributed by atoms with Gasteiger partial charge in [0.2, 0.25) is 0 Å². The number of hydrogen-bond acceptors (Lipinski definition) is 5. The molecule has 0 aliphatic rings. The molecule has 3 rings (SSSR count). The molecular formula is C24H23N3O3. The summed E-state index contributed by atoms with van der Waals surface area (Å²) in [5, 5.41) is 25.6. The summed E-state index contributed by atoms with van der Waals surface area (Å²) in [6, 6.07) is 18.1. The van der Waals surface area contributed by atoms with E-state index in [-0.39, 0.29) is 11.5 Å². The summed E-state index contributed by atoms with van der Waals surface area (Å²) < 4.78 is 5.09. The first-order valence-corrected chi connectivity index (χ1v) is 9.57. The van der Waals surface area contributed by atoms with Gasteiger partial charge in [0.1, 0.15) is 11.8 Å². The third-order valence-corrected chi connectivity index (χ3v) is 4.89. The van der Waals surface area contributed by atoms with E-state index in [1.807, 2.05) is 56.3 Å². The van der Waals surface area contributed by atoms with E-state index in [0.29, 0.717) is 11.3 Å². The van der Waals surface area contributed by atoms with Gasteiger partial charge in [-0.1, -0.05) is 50.2 Å². The van der Waals surface area contributed by atoms with E-state index in [1.54, 1.807) is 18.3 Å². The highest BCUT2D eigenvalue weighted by molar-refractivity contribution is 6.02. The Bertz CT molecular complexity index is 1150. The average Bonchev–Trinajstić information content (AvgIpc) is 2.77. The molecule has 0 spiro atoms. The van der Waals surface area contributed by atoms with Crippen molar-refractivity contribution in [3.8, 4) is 11.8 Å². The number of hydrogen-bond donors (Lipinski definition) is 2. The van der Waals surface area contributed by atoms with E-state index in [9.17, 15) is 9.90 Å². The van der Waals surface area contributed by atoms with E-state index in [2.05, 4.69) is 10.5 Å². The first-order valence-electron chi connectivity index (χ1n) is 9.57. The molecule has 0 fully saturated rings. The number of aliphatic hydroxyl groups excluding tert-OH is 1. The predicted octanol–water partition coefficient (Wildman–Crippen LogP) is 4.17. The first kappa shape index (κ1) is 21.0. The van der Waals surface area contributed by atoms with Crippen LogP contribution in [0.5, 0.6) is 5.75 Å². The number of hydrazone groups is 1. The second-order valence-electron chi connectivity index (χ2n) is 7.20. The fourth-order valence-electron chi connectivity index (χ4n) is 3.24. The number of benzene rings is 3. The van der Waals surface area contributed by atoms with Crippen molar-refractivity contribution < 1.29 is 14.6 Å². The molecule has 1 unspecified atom stereocenters. The maximum absolute atomic E-state index is 12.4. The van der Waals surface area contributed by atoms with Gasteiger partial charge in [-0.2, -0.15) is 10.4 Å². The number of rotatable bonds is 6. The van der Waals surface area contributed by atoms with Crippen molar-refractivity contribution in [3.63, 3.8) is 0 Å². The van der Waals surface area contributed by atoms with Crippen LogP contribution in [0.3, 0.4) is 0 Å². The molecule has 6 nitrogen and oxygen atoms in total. The number of carbonyl (C=O) groups excluding carboxylic acids is 1. The van der Waals surface area contributed by atoms with Gasteiger partial charge in [0.15, 0.2) is 0 Å². The molecular weight excluding hydrogens is 378 g/mol. The van der Waals surface area contributed by atoms with Crippen LogP contribution in [0.1, 0.15) is 47.0 Å². The molecule has 6 heteroatoms. The third-order valence-electron chi connectivity index (χ3n) is 4.89. The van der Waals surface area contributed by atoms with Crippen molar-refractivity contribution in [2.45, 2.75) is 20.0 Å². The van der Waals surface area contributed by atoms with Gasteiger partial charge in [0, 0.05) is 11.1 Å². The third kappa shape index (κ3) is 4.32. The Labute approximate surface area is 175 Å². The molecule has 0 aromatic heterocycles. The predicted molar refractivity (Wildman–Crippen MR) is 117 cm³/mol. The zero-order chi connectivity index (χ0) is 21.7. The minimum atomic E-state index is -0.565. The average molecular weight is 401 g/mol. The molecule has 0 bridgehead atoms. The normalized spacial score (nSPS) is 12.1. The molecule has 0 aliphatic heterocycles. The number of carbonyl (C=O) groups is 1. The highest BCUT2D eigenvalue weighted by Crippen LogP contribution is 2.30.